The van der Waals surface area contributed by atoms with E-state index in [4.69, 9.17) is 23.2 Å². The Hall–Kier alpha value is -1.06. The van der Waals surface area contributed by atoms with Gasteiger partial charge in [0.05, 0.1) is 0 Å². The molecule has 0 amide bonds. The van der Waals surface area contributed by atoms with Crippen molar-refractivity contribution in [1.82, 2.24) is 15.2 Å². The van der Waals surface area contributed by atoms with Gasteiger partial charge in [0.25, 0.3) is 0 Å². The Morgan fingerprint density at radius 3 is 2.39 bits per heavy atom. The predicted octanol–water partition coefficient (Wildman–Crippen LogP) is 4.44. The number of aromatic amines is 1. The van der Waals surface area contributed by atoms with Crippen molar-refractivity contribution < 1.29 is 0 Å². The second-order valence-corrected chi connectivity index (χ2v) is 5.56. The van der Waals surface area contributed by atoms with Gasteiger partial charge in [0.1, 0.15) is 5.82 Å². The summed E-state index contributed by atoms with van der Waals surface area (Å²) in [4.78, 5) is 4.56. The van der Waals surface area contributed by atoms with Gasteiger partial charge in [0.2, 0.25) is 0 Å². The van der Waals surface area contributed by atoms with Crippen LogP contribution in [0.3, 0.4) is 0 Å². The van der Waals surface area contributed by atoms with Gasteiger partial charge in [-0.1, -0.05) is 36.0 Å². The summed E-state index contributed by atoms with van der Waals surface area (Å²) >= 11 is 12.0. The summed E-state index contributed by atoms with van der Waals surface area (Å²) in [5.41, 5.74) is 0.855. The number of aromatic nitrogens is 3. The van der Waals surface area contributed by atoms with E-state index in [0.29, 0.717) is 21.8 Å². The number of benzene rings is 1. The average molecular weight is 282 g/mol. The molecule has 0 radical (unpaired) electrons. The molecule has 3 nitrogen and oxygen atoms in total. The van der Waals surface area contributed by atoms with E-state index in [1.165, 1.54) is 25.7 Å². The number of rotatable bonds is 2. The summed E-state index contributed by atoms with van der Waals surface area (Å²) in [6.07, 6.45) is 4.96. The topological polar surface area (TPSA) is 41.6 Å². The lowest BCUT2D eigenvalue weighted by Crippen LogP contribution is -1.94. The Kier molecular flexibility index (Phi) is 3.27. The van der Waals surface area contributed by atoms with Crippen molar-refractivity contribution in [3.63, 3.8) is 0 Å². The van der Waals surface area contributed by atoms with Gasteiger partial charge in [-0.3, -0.25) is 5.10 Å². The first-order valence-electron chi connectivity index (χ1n) is 6.11. The maximum absolute atomic E-state index is 5.98. The fourth-order valence-electron chi connectivity index (χ4n) is 2.47. The lowest BCUT2D eigenvalue weighted by Gasteiger charge is -2.02. The van der Waals surface area contributed by atoms with Crippen molar-refractivity contribution in [2.24, 2.45) is 0 Å². The predicted molar refractivity (Wildman–Crippen MR) is 73.0 cm³/mol. The van der Waals surface area contributed by atoms with Gasteiger partial charge >= 0.3 is 0 Å². The van der Waals surface area contributed by atoms with Crippen molar-refractivity contribution in [3.05, 3.63) is 34.1 Å². The van der Waals surface area contributed by atoms with Crippen molar-refractivity contribution in [1.29, 1.82) is 0 Å². The number of nitrogens with zero attached hydrogens (tertiary/aromatic N) is 2. The number of hydrogen-bond donors (Lipinski definition) is 1. The molecule has 1 aliphatic rings. The Morgan fingerprint density at radius 1 is 1.06 bits per heavy atom. The summed E-state index contributed by atoms with van der Waals surface area (Å²) in [6.45, 7) is 0. The van der Waals surface area contributed by atoms with Crippen molar-refractivity contribution in [3.8, 4) is 11.4 Å². The van der Waals surface area contributed by atoms with Crippen LogP contribution in [0.15, 0.2) is 18.2 Å². The van der Waals surface area contributed by atoms with Crippen molar-refractivity contribution in [2.45, 2.75) is 31.6 Å². The summed E-state index contributed by atoms with van der Waals surface area (Å²) in [7, 11) is 0. The lowest BCUT2D eigenvalue weighted by molar-refractivity contribution is 0.672. The van der Waals surface area contributed by atoms with E-state index in [1.807, 2.05) is 12.1 Å². The number of H-pyrrole nitrogens is 1. The molecule has 2 aromatic rings. The van der Waals surface area contributed by atoms with Crippen LogP contribution in [0.4, 0.5) is 0 Å². The van der Waals surface area contributed by atoms with Crippen LogP contribution >= 0.6 is 23.2 Å². The van der Waals surface area contributed by atoms with E-state index in [9.17, 15) is 0 Å². The zero-order chi connectivity index (χ0) is 12.5. The average Bonchev–Trinajstić information content (AvgIpc) is 2.99. The highest BCUT2D eigenvalue weighted by Crippen LogP contribution is 2.33. The van der Waals surface area contributed by atoms with Crippen molar-refractivity contribution in [2.75, 3.05) is 0 Å². The maximum atomic E-state index is 5.98. The third-order valence-electron chi connectivity index (χ3n) is 3.37. The molecule has 1 saturated carbocycles. The van der Waals surface area contributed by atoms with Crippen LogP contribution in [0.5, 0.6) is 0 Å². The molecule has 0 spiro atoms. The summed E-state index contributed by atoms with van der Waals surface area (Å²) in [5, 5.41) is 8.50. The van der Waals surface area contributed by atoms with Crippen LogP contribution < -0.4 is 0 Å². The van der Waals surface area contributed by atoms with Gasteiger partial charge in [-0.25, -0.2) is 4.98 Å². The summed E-state index contributed by atoms with van der Waals surface area (Å²) in [5.74, 6) is 2.18. The molecular formula is C13H13Cl2N3. The molecule has 1 aromatic carbocycles. The molecule has 3 rings (SSSR count). The molecule has 0 bridgehead atoms. The Morgan fingerprint density at radius 2 is 1.72 bits per heavy atom. The van der Waals surface area contributed by atoms with Gasteiger partial charge in [0.15, 0.2) is 5.82 Å². The van der Waals surface area contributed by atoms with Crippen molar-refractivity contribution >= 4 is 23.2 Å². The highest BCUT2D eigenvalue weighted by molar-refractivity contribution is 6.35. The zero-order valence-electron chi connectivity index (χ0n) is 9.79. The van der Waals surface area contributed by atoms with Crippen LogP contribution in [0.1, 0.15) is 37.4 Å². The molecule has 0 unspecified atom stereocenters. The second kappa shape index (κ2) is 4.90. The third-order valence-corrected chi connectivity index (χ3v) is 3.80. The molecule has 18 heavy (non-hydrogen) atoms. The van der Waals surface area contributed by atoms with Gasteiger partial charge < -0.3 is 0 Å². The molecular weight excluding hydrogens is 269 g/mol. The molecule has 1 aromatic heterocycles. The van der Waals surface area contributed by atoms with Crippen LogP contribution in [0, 0.1) is 0 Å². The molecule has 1 fully saturated rings. The van der Waals surface area contributed by atoms with E-state index in [2.05, 4.69) is 15.2 Å². The molecule has 1 N–H and O–H groups in total. The summed E-state index contributed by atoms with van der Waals surface area (Å²) in [6, 6.07) is 5.36. The molecule has 0 aliphatic heterocycles. The maximum Gasteiger partial charge on any atom is 0.181 e. The normalized spacial score (nSPS) is 16.3. The Labute approximate surface area is 116 Å². The van der Waals surface area contributed by atoms with Crippen LogP contribution in [0.25, 0.3) is 11.4 Å². The SMILES string of the molecule is Clc1cc(Cl)cc(-c2n[nH]c(C3CCCC3)n2)c1. The first-order valence-corrected chi connectivity index (χ1v) is 6.87. The van der Waals surface area contributed by atoms with Gasteiger partial charge in [-0.05, 0) is 31.0 Å². The molecule has 1 aliphatic carbocycles. The van der Waals surface area contributed by atoms with Crippen LogP contribution in [-0.4, -0.2) is 15.2 Å². The first-order chi connectivity index (χ1) is 8.72. The van der Waals surface area contributed by atoms with E-state index in [0.717, 1.165) is 11.4 Å². The number of hydrogen-bond acceptors (Lipinski definition) is 2. The first kappa shape index (κ1) is 12.0. The van der Waals surface area contributed by atoms with Crippen LogP contribution in [0.2, 0.25) is 10.0 Å². The van der Waals surface area contributed by atoms with Gasteiger partial charge in [0, 0.05) is 21.5 Å². The standard InChI is InChI=1S/C13H13Cl2N3/c14-10-5-9(6-11(15)7-10)13-16-12(17-18-13)8-3-1-2-4-8/h5-8H,1-4H2,(H,16,17,18). The van der Waals surface area contributed by atoms with E-state index >= 15 is 0 Å². The van der Waals surface area contributed by atoms with E-state index < -0.39 is 0 Å². The zero-order valence-corrected chi connectivity index (χ0v) is 11.3. The minimum Gasteiger partial charge on any atom is -0.262 e. The quantitative estimate of drug-likeness (QED) is 0.884. The monoisotopic (exact) mass is 281 g/mol. The highest BCUT2D eigenvalue weighted by atomic mass is 35.5. The number of halogens is 2. The minimum absolute atomic E-state index is 0.529. The lowest BCUT2D eigenvalue weighted by atomic mass is 10.1. The van der Waals surface area contributed by atoms with Crippen LogP contribution in [-0.2, 0) is 0 Å². The fraction of sp³-hybridized carbons (Fsp3) is 0.385. The largest absolute Gasteiger partial charge is 0.262 e. The second-order valence-electron chi connectivity index (χ2n) is 4.68. The third kappa shape index (κ3) is 2.38. The van der Waals surface area contributed by atoms with E-state index in [1.54, 1.807) is 6.07 Å². The van der Waals surface area contributed by atoms with E-state index in [-0.39, 0.29) is 0 Å². The van der Waals surface area contributed by atoms with Gasteiger partial charge in [-0.2, -0.15) is 5.10 Å². The molecule has 0 atom stereocenters. The smallest absolute Gasteiger partial charge is 0.181 e. The molecule has 0 saturated heterocycles. The summed E-state index contributed by atoms with van der Waals surface area (Å²) < 4.78 is 0. The molecule has 94 valence electrons. The molecule has 1 heterocycles. The van der Waals surface area contributed by atoms with Gasteiger partial charge in [-0.15, -0.1) is 0 Å². The highest BCUT2D eigenvalue weighted by Gasteiger charge is 2.21. The minimum atomic E-state index is 0.529. The molecule has 5 heteroatoms. The number of nitrogens with one attached hydrogen (secondary N) is 1. The fourth-order valence-corrected chi connectivity index (χ4v) is 2.99. The Balaban J connectivity index is 1.92. The Bertz CT molecular complexity index is 539.